The molecule has 0 saturated carbocycles. The minimum absolute atomic E-state index is 0.284. The molecule has 3 heteroatoms. The average molecular weight is 341 g/mol. The Labute approximate surface area is 152 Å². The summed E-state index contributed by atoms with van der Waals surface area (Å²) in [5, 5.41) is 21.9. The lowest BCUT2D eigenvalue weighted by molar-refractivity contribution is 0.474. The van der Waals surface area contributed by atoms with Crippen LogP contribution in [0.3, 0.4) is 0 Å². The van der Waals surface area contributed by atoms with Crippen LogP contribution in [0.2, 0.25) is 0 Å². The fourth-order valence-electron chi connectivity index (χ4n) is 2.76. The first-order valence-electron chi connectivity index (χ1n) is 9.08. The molecule has 0 amide bonds. The highest BCUT2D eigenvalue weighted by Gasteiger charge is 2.09. The first-order chi connectivity index (χ1) is 12.1. The van der Waals surface area contributed by atoms with Gasteiger partial charge >= 0.3 is 0 Å². The molecule has 0 atom stereocenters. The smallest absolute Gasteiger partial charge is 0.115 e. The van der Waals surface area contributed by atoms with Crippen molar-refractivity contribution >= 4 is 11.1 Å². The fraction of sp³-hybridized carbons (Fsp3) is 0.364. The van der Waals surface area contributed by atoms with Crippen molar-refractivity contribution in [3.63, 3.8) is 0 Å². The maximum absolute atomic E-state index is 9.41. The number of hydrogen-bond acceptors (Lipinski definition) is 3. The van der Waals surface area contributed by atoms with Crippen molar-refractivity contribution in [1.82, 2.24) is 5.32 Å². The van der Waals surface area contributed by atoms with Crippen LogP contribution in [0.5, 0.6) is 11.5 Å². The van der Waals surface area contributed by atoms with Crippen LogP contribution in [0.25, 0.3) is 11.1 Å². The van der Waals surface area contributed by atoms with Crippen LogP contribution in [0.4, 0.5) is 0 Å². The van der Waals surface area contributed by atoms with E-state index in [0.29, 0.717) is 0 Å². The van der Waals surface area contributed by atoms with Gasteiger partial charge in [-0.25, -0.2) is 0 Å². The van der Waals surface area contributed by atoms with Crippen LogP contribution in [0.15, 0.2) is 48.5 Å². The number of nitrogens with one attached hydrogen (secondary N) is 1. The number of phenols is 2. The van der Waals surface area contributed by atoms with Crippen LogP contribution in [0, 0.1) is 0 Å². The first kappa shape index (κ1) is 20.8. The minimum Gasteiger partial charge on any atom is -0.508 e. The number of benzene rings is 2. The molecule has 25 heavy (non-hydrogen) atoms. The number of phenolic OH excluding ortho intramolecular Hbond substituents is 2. The van der Waals surface area contributed by atoms with Crippen LogP contribution in [-0.4, -0.2) is 23.3 Å². The van der Waals surface area contributed by atoms with E-state index >= 15 is 0 Å². The standard InChI is InChI=1S/C18H20O2.C4H11N/c1-3-17(13-5-9-15(19)10-6-13)18(4-2)14-7-11-16(20)12-8-14;1-3-5-4-2/h5-12,19-20H,3-4H2,1-2H3;5H,3-4H2,1-2H3/b18-17+;. The summed E-state index contributed by atoms with van der Waals surface area (Å²) in [6, 6.07) is 14.7. The van der Waals surface area contributed by atoms with Gasteiger partial charge in [0.25, 0.3) is 0 Å². The number of rotatable bonds is 6. The van der Waals surface area contributed by atoms with Gasteiger partial charge in [-0.3, -0.25) is 0 Å². The zero-order chi connectivity index (χ0) is 18.7. The van der Waals surface area contributed by atoms with E-state index in [-0.39, 0.29) is 11.5 Å². The SMILES string of the molecule is CC/C(=C(/CC)c1ccc(O)cc1)c1ccc(O)cc1.CCNCC. The van der Waals surface area contributed by atoms with Gasteiger partial charge < -0.3 is 15.5 Å². The number of hydrogen-bond donors (Lipinski definition) is 3. The van der Waals surface area contributed by atoms with Crippen molar-refractivity contribution in [3.05, 3.63) is 59.7 Å². The van der Waals surface area contributed by atoms with E-state index in [4.69, 9.17) is 0 Å². The fourth-order valence-corrected chi connectivity index (χ4v) is 2.76. The number of aromatic hydroxyl groups is 2. The Morgan fingerprint density at radius 1 is 0.640 bits per heavy atom. The van der Waals surface area contributed by atoms with E-state index in [9.17, 15) is 10.2 Å². The molecule has 0 aliphatic rings. The third kappa shape index (κ3) is 6.63. The summed E-state index contributed by atoms with van der Waals surface area (Å²) in [5.41, 5.74) is 4.82. The zero-order valence-electron chi connectivity index (χ0n) is 15.8. The van der Waals surface area contributed by atoms with Crippen molar-refractivity contribution in [2.75, 3.05) is 13.1 Å². The normalized spacial score (nSPS) is 11.4. The van der Waals surface area contributed by atoms with E-state index in [1.165, 1.54) is 11.1 Å². The largest absolute Gasteiger partial charge is 0.508 e. The Hall–Kier alpha value is -2.26. The van der Waals surface area contributed by atoms with Crippen molar-refractivity contribution in [2.24, 2.45) is 0 Å². The highest BCUT2D eigenvalue weighted by atomic mass is 16.3. The van der Waals surface area contributed by atoms with E-state index in [0.717, 1.165) is 37.1 Å². The van der Waals surface area contributed by atoms with Gasteiger partial charge in [-0.05, 0) is 72.5 Å². The topological polar surface area (TPSA) is 52.5 Å². The predicted octanol–water partition coefficient (Wildman–Crippen LogP) is 5.44. The molecule has 0 heterocycles. The Morgan fingerprint density at radius 2 is 0.960 bits per heavy atom. The average Bonchev–Trinajstić information content (AvgIpc) is 2.63. The molecule has 0 fully saturated rings. The second-order valence-electron chi connectivity index (χ2n) is 5.72. The molecule has 0 radical (unpaired) electrons. The minimum atomic E-state index is 0.284. The molecule has 3 nitrogen and oxygen atoms in total. The van der Waals surface area contributed by atoms with Crippen molar-refractivity contribution in [1.29, 1.82) is 0 Å². The van der Waals surface area contributed by atoms with E-state index < -0.39 is 0 Å². The zero-order valence-corrected chi connectivity index (χ0v) is 15.8. The maximum atomic E-state index is 9.41. The predicted molar refractivity (Wildman–Crippen MR) is 108 cm³/mol. The molecule has 0 spiro atoms. The van der Waals surface area contributed by atoms with Crippen LogP contribution >= 0.6 is 0 Å². The molecule has 2 rings (SSSR count). The van der Waals surface area contributed by atoms with Gasteiger partial charge in [0.2, 0.25) is 0 Å². The second kappa shape index (κ2) is 11.3. The Kier molecular flexibility index (Phi) is 9.41. The first-order valence-corrected chi connectivity index (χ1v) is 9.08. The molecule has 2 aromatic rings. The van der Waals surface area contributed by atoms with Gasteiger partial charge in [0, 0.05) is 0 Å². The highest BCUT2D eigenvalue weighted by Crippen LogP contribution is 2.32. The molecule has 0 saturated heterocycles. The van der Waals surface area contributed by atoms with E-state index in [1.54, 1.807) is 24.3 Å². The van der Waals surface area contributed by atoms with Gasteiger partial charge in [-0.15, -0.1) is 0 Å². The lowest BCUT2D eigenvalue weighted by Gasteiger charge is -2.14. The van der Waals surface area contributed by atoms with Gasteiger partial charge in [0.15, 0.2) is 0 Å². The summed E-state index contributed by atoms with van der Waals surface area (Å²) in [6.07, 6.45) is 1.85. The monoisotopic (exact) mass is 341 g/mol. The molecular weight excluding hydrogens is 310 g/mol. The molecule has 3 N–H and O–H groups in total. The summed E-state index contributed by atoms with van der Waals surface area (Å²) < 4.78 is 0. The molecular formula is C22H31NO2. The van der Waals surface area contributed by atoms with Crippen LogP contribution < -0.4 is 5.32 Å². The number of allylic oxidation sites excluding steroid dienone is 2. The van der Waals surface area contributed by atoms with Gasteiger partial charge in [0.05, 0.1) is 0 Å². The van der Waals surface area contributed by atoms with Gasteiger partial charge in [-0.1, -0.05) is 52.0 Å². The van der Waals surface area contributed by atoms with Crippen LogP contribution in [-0.2, 0) is 0 Å². The Morgan fingerprint density at radius 3 is 1.16 bits per heavy atom. The summed E-state index contributed by atoms with van der Waals surface area (Å²) in [5.74, 6) is 0.568. The summed E-state index contributed by atoms with van der Waals surface area (Å²) in [4.78, 5) is 0. The van der Waals surface area contributed by atoms with Crippen molar-refractivity contribution in [2.45, 2.75) is 40.5 Å². The molecule has 0 unspecified atom stereocenters. The van der Waals surface area contributed by atoms with Gasteiger partial charge in [-0.2, -0.15) is 0 Å². The Balaban J connectivity index is 0.000000550. The quantitative estimate of drug-likeness (QED) is 0.613. The van der Waals surface area contributed by atoms with Crippen molar-refractivity contribution in [3.8, 4) is 11.5 Å². The summed E-state index contributed by atoms with van der Waals surface area (Å²) in [6.45, 7) is 10.7. The summed E-state index contributed by atoms with van der Waals surface area (Å²) >= 11 is 0. The molecule has 0 aliphatic carbocycles. The lowest BCUT2D eigenvalue weighted by atomic mass is 9.91. The third-order valence-electron chi connectivity index (χ3n) is 4.00. The molecule has 0 aliphatic heterocycles. The lowest BCUT2D eigenvalue weighted by Crippen LogP contribution is -2.09. The molecule has 0 bridgehead atoms. The van der Waals surface area contributed by atoms with Gasteiger partial charge in [0.1, 0.15) is 11.5 Å². The molecule has 2 aromatic carbocycles. The van der Waals surface area contributed by atoms with E-state index in [2.05, 4.69) is 33.0 Å². The molecule has 136 valence electrons. The van der Waals surface area contributed by atoms with Crippen molar-refractivity contribution < 1.29 is 10.2 Å². The van der Waals surface area contributed by atoms with E-state index in [1.807, 2.05) is 24.3 Å². The third-order valence-corrected chi connectivity index (χ3v) is 4.00. The molecule has 0 aromatic heterocycles. The van der Waals surface area contributed by atoms with Crippen LogP contribution in [0.1, 0.15) is 51.7 Å². The highest BCUT2D eigenvalue weighted by molar-refractivity contribution is 5.90. The maximum Gasteiger partial charge on any atom is 0.115 e. The summed E-state index contributed by atoms with van der Waals surface area (Å²) in [7, 11) is 0. The Bertz CT molecular complexity index is 585. The second-order valence-corrected chi connectivity index (χ2v) is 5.72.